The highest BCUT2D eigenvalue weighted by molar-refractivity contribution is 7.89. The molecule has 9 heteroatoms. The van der Waals surface area contributed by atoms with Crippen LogP contribution in [-0.4, -0.2) is 38.3 Å². The first-order valence-electron chi connectivity index (χ1n) is 10.1. The van der Waals surface area contributed by atoms with Crippen molar-refractivity contribution in [3.63, 3.8) is 0 Å². The first-order chi connectivity index (χ1) is 15.1. The predicted octanol–water partition coefficient (Wildman–Crippen LogP) is 3.84. The fourth-order valence-corrected chi connectivity index (χ4v) is 4.41. The molecular formula is C23H25F3N2O3S. The van der Waals surface area contributed by atoms with Gasteiger partial charge in [0.05, 0.1) is 17.0 Å². The van der Waals surface area contributed by atoms with E-state index in [4.69, 9.17) is 0 Å². The molecule has 2 rings (SSSR count). The minimum Gasteiger partial charge on any atom is -0.345 e. The number of carbonyl (C=O) groups is 1. The molecular weight excluding hydrogens is 441 g/mol. The van der Waals surface area contributed by atoms with Crippen molar-refractivity contribution in [1.29, 1.82) is 0 Å². The Morgan fingerprint density at radius 1 is 1.06 bits per heavy atom. The molecule has 0 aliphatic heterocycles. The number of amides is 1. The normalized spacial score (nSPS) is 11.7. The second kappa shape index (κ2) is 11.2. The van der Waals surface area contributed by atoms with Crippen LogP contribution in [0.4, 0.5) is 13.2 Å². The summed E-state index contributed by atoms with van der Waals surface area (Å²) in [6.45, 7) is 4.33. The Kier molecular flexibility index (Phi) is 8.87. The van der Waals surface area contributed by atoms with E-state index in [1.165, 1.54) is 28.6 Å². The molecule has 0 bridgehead atoms. The summed E-state index contributed by atoms with van der Waals surface area (Å²) in [5, 5.41) is 2.60. The summed E-state index contributed by atoms with van der Waals surface area (Å²) >= 11 is 0. The summed E-state index contributed by atoms with van der Waals surface area (Å²) in [5.41, 5.74) is 0.256. The molecule has 5 nitrogen and oxygen atoms in total. The van der Waals surface area contributed by atoms with E-state index in [2.05, 4.69) is 17.2 Å². The molecule has 172 valence electrons. The van der Waals surface area contributed by atoms with Gasteiger partial charge in [-0.1, -0.05) is 43.9 Å². The van der Waals surface area contributed by atoms with Crippen LogP contribution in [0.5, 0.6) is 0 Å². The van der Waals surface area contributed by atoms with Gasteiger partial charge in [-0.2, -0.15) is 17.5 Å². The van der Waals surface area contributed by atoms with Gasteiger partial charge in [-0.15, -0.1) is 0 Å². The van der Waals surface area contributed by atoms with Crippen LogP contribution < -0.4 is 5.32 Å². The maximum absolute atomic E-state index is 12.7. The Hall–Kier alpha value is -2.83. The van der Waals surface area contributed by atoms with Gasteiger partial charge in [-0.3, -0.25) is 4.79 Å². The van der Waals surface area contributed by atoms with E-state index in [9.17, 15) is 26.4 Å². The highest BCUT2D eigenvalue weighted by Crippen LogP contribution is 2.29. The Balaban J connectivity index is 1.85. The van der Waals surface area contributed by atoms with Gasteiger partial charge in [0.15, 0.2) is 0 Å². The topological polar surface area (TPSA) is 66.5 Å². The number of alkyl halides is 3. The van der Waals surface area contributed by atoms with Crippen LogP contribution in [0.15, 0.2) is 53.4 Å². The van der Waals surface area contributed by atoms with Crippen LogP contribution in [-0.2, 0) is 27.4 Å². The molecule has 2 aromatic rings. The first kappa shape index (κ1) is 25.4. The Labute approximate surface area is 186 Å². The predicted molar refractivity (Wildman–Crippen MR) is 116 cm³/mol. The van der Waals surface area contributed by atoms with Gasteiger partial charge in [-0.25, -0.2) is 8.42 Å². The highest BCUT2D eigenvalue weighted by atomic mass is 32.2. The second-order valence-electron chi connectivity index (χ2n) is 6.89. The van der Waals surface area contributed by atoms with Crippen molar-refractivity contribution < 1.29 is 26.4 Å². The zero-order chi connectivity index (χ0) is 23.8. The van der Waals surface area contributed by atoms with Crippen LogP contribution >= 0.6 is 0 Å². The number of rotatable bonds is 8. The average Bonchev–Trinajstić information content (AvgIpc) is 2.76. The standard InChI is InChI=1S/C23H25F3N2O3S/c1-3-28(4-2)32(30,31)21-13-10-18(11-14-21)12-15-22(29)27-16-6-8-19-7-5-9-20(17-19)23(24,25)26/h5,7,9-11,13-14,17H,3-4,12,15-16H2,1-2H3,(H,27,29). The molecule has 0 atom stereocenters. The van der Waals surface area contributed by atoms with Gasteiger partial charge in [-0.05, 0) is 42.3 Å². The summed E-state index contributed by atoms with van der Waals surface area (Å²) in [5.74, 6) is 4.97. The van der Waals surface area contributed by atoms with Crippen LogP contribution in [0.25, 0.3) is 0 Å². The minimum atomic E-state index is -4.43. The lowest BCUT2D eigenvalue weighted by Gasteiger charge is -2.18. The lowest BCUT2D eigenvalue weighted by Crippen LogP contribution is -2.30. The largest absolute Gasteiger partial charge is 0.416 e. The average molecular weight is 467 g/mol. The molecule has 0 unspecified atom stereocenters. The van der Waals surface area contributed by atoms with Gasteiger partial charge in [0.25, 0.3) is 0 Å². The van der Waals surface area contributed by atoms with Crippen molar-refractivity contribution in [3.05, 3.63) is 65.2 Å². The fraction of sp³-hybridized carbons (Fsp3) is 0.348. The van der Waals surface area contributed by atoms with E-state index in [-0.39, 0.29) is 29.3 Å². The number of hydrogen-bond donors (Lipinski definition) is 1. The van der Waals surface area contributed by atoms with Crippen LogP contribution in [0.1, 0.15) is 37.0 Å². The summed E-state index contributed by atoms with van der Waals surface area (Å²) < 4.78 is 64.4. The summed E-state index contributed by atoms with van der Waals surface area (Å²) in [7, 11) is -3.52. The Bertz CT molecular complexity index is 1080. The van der Waals surface area contributed by atoms with Gasteiger partial charge >= 0.3 is 6.18 Å². The molecule has 0 fully saturated rings. The van der Waals surface area contributed by atoms with Crippen LogP contribution in [0.2, 0.25) is 0 Å². The second-order valence-corrected chi connectivity index (χ2v) is 8.83. The van der Waals surface area contributed by atoms with Gasteiger partial charge < -0.3 is 5.32 Å². The molecule has 32 heavy (non-hydrogen) atoms. The molecule has 1 amide bonds. The van der Waals surface area contributed by atoms with E-state index in [1.54, 1.807) is 26.0 Å². The third-order valence-corrected chi connectivity index (χ3v) is 6.77. The van der Waals surface area contributed by atoms with Gasteiger partial charge in [0.1, 0.15) is 0 Å². The van der Waals surface area contributed by atoms with E-state index >= 15 is 0 Å². The lowest BCUT2D eigenvalue weighted by atomic mass is 10.1. The third-order valence-electron chi connectivity index (χ3n) is 4.70. The van der Waals surface area contributed by atoms with Crippen LogP contribution in [0.3, 0.4) is 0 Å². The third kappa shape index (κ3) is 7.11. The van der Waals surface area contributed by atoms with Crippen molar-refractivity contribution in [2.75, 3.05) is 19.6 Å². The lowest BCUT2D eigenvalue weighted by molar-refractivity contribution is -0.137. The van der Waals surface area contributed by atoms with Gasteiger partial charge in [0, 0.05) is 25.1 Å². The monoisotopic (exact) mass is 466 g/mol. The summed E-state index contributed by atoms with van der Waals surface area (Å²) in [4.78, 5) is 12.2. The molecule has 2 aromatic carbocycles. The number of aryl methyl sites for hydroxylation is 1. The van der Waals surface area contributed by atoms with Crippen LogP contribution in [0, 0.1) is 11.8 Å². The Morgan fingerprint density at radius 3 is 2.31 bits per heavy atom. The van der Waals surface area contributed by atoms with E-state index in [0.29, 0.717) is 19.5 Å². The zero-order valence-electron chi connectivity index (χ0n) is 17.9. The maximum atomic E-state index is 12.7. The number of sulfonamides is 1. The maximum Gasteiger partial charge on any atom is 0.416 e. The molecule has 1 N–H and O–H groups in total. The molecule has 0 aliphatic carbocycles. The smallest absolute Gasteiger partial charge is 0.345 e. The van der Waals surface area contributed by atoms with Crippen molar-refractivity contribution in [2.45, 2.75) is 37.8 Å². The Morgan fingerprint density at radius 2 is 1.72 bits per heavy atom. The highest BCUT2D eigenvalue weighted by Gasteiger charge is 2.30. The van der Waals surface area contributed by atoms with Crippen molar-refractivity contribution in [2.24, 2.45) is 0 Å². The molecule has 0 spiro atoms. The minimum absolute atomic E-state index is 0.0101. The number of hydrogen-bond acceptors (Lipinski definition) is 3. The zero-order valence-corrected chi connectivity index (χ0v) is 18.7. The number of carbonyl (C=O) groups excluding carboxylic acids is 1. The van der Waals surface area contributed by atoms with Crippen molar-refractivity contribution >= 4 is 15.9 Å². The number of halogens is 3. The number of nitrogens with one attached hydrogen (secondary N) is 1. The molecule has 0 heterocycles. The first-order valence-corrected chi connectivity index (χ1v) is 11.5. The molecule has 0 radical (unpaired) electrons. The quantitative estimate of drug-likeness (QED) is 0.602. The summed E-state index contributed by atoms with van der Waals surface area (Å²) in [6.07, 6.45) is -3.84. The molecule has 0 aromatic heterocycles. The molecule has 0 saturated heterocycles. The molecule has 0 saturated carbocycles. The van der Waals surface area contributed by atoms with Crippen molar-refractivity contribution in [1.82, 2.24) is 9.62 Å². The number of nitrogens with zero attached hydrogens (tertiary/aromatic N) is 1. The number of benzene rings is 2. The summed E-state index contributed by atoms with van der Waals surface area (Å²) in [6, 6.07) is 11.1. The SMILES string of the molecule is CCN(CC)S(=O)(=O)c1ccc(CCC(=O)NCC#Cc2cccc(C(F)(F)F)c2)cc1. The van der Waals surface area contributed by atoms with E-state index in [1.807, 2.05) is 0 Å². The van der Waals surface area contributed by atoms with Gasteiger partial charge in [0.2, 0.25) is 15.9 Å². The molecule has 0 aliphatic rings. The van der Waals surface area contributed by atoms with Crippen molar-refractivity contribution in [3.8, 4) is 11.8 Å². The fourth-order valence-electron chi connectivity index (χ4n) is 2.95. The van der Waals surface area contributed by atoms with E-state index in [0.717, 1.165) is 17.7 Å². The van der Waals surface area contributed by atoms with E-state index < -0.39 is 21.8 Å².